The number of nitrogens with zero attached hydrogens (tertiary/aromatic N) is 2. The highest BCUT2D eigenvalue weighted by Crippen LogP contribution is 2.25. The zero-order valence-electron chi connectivity index (χ0n) is 11.6. The van der Waals surface area contributed by atoms with Gasteiger partial charge in [0.2, 0.25) is 0 Å². The van der Waals surface area contributed by atoms with E-state index in [1.165, 1.54) is 6.07 Å². The molecule has 1 aromatic rings. The van der Waals surface area contributed by atoms with Gasteiger partial charge in [0.15, 0.2) is 0 Å². The minimum absolute atomic E-state index is 0.139. The van der Waals surface area contributed by atoms with Crippen LogP contribution >= 0.6 is 15.9 Å². The zero-order valence-corrected chi connectivity index (χ0v) is 13.2. The van der Waals surface area contributed by atoms with Crippen LogP contribution in [0.25, 0.3) is 0 Å². The molecule has 0 amide bonds. The number of nitro benzene ring substituents is 1. The first-order valence-electron chi connectivity index (χ1n) is 6.87. The van der Waals surface area contributed by atoms with Gasteiger partial charge in [0, 0.05) is 29.2 Å². The van der Waals surface area contributed by atoms with E-state index in [9.17, 15) is 10.1 Å². The Morgan fingerprint density at radius 2 is 2.10 bits per heavy atom. The van der Waals surface area contributed by atoms with E-state index in [1.807, 2.05) is 6.07 Å². The molecule has 5 nitrogen and oxygen atoms in total. The van der Waals surface area contributed by atoms with Crippen LogP contribution in [0.5, 0.6) is 0 Å². The summed E-state index contributed by atoms with van der Waals surface area (Å²) < 4.78 is 0.757. The van der Waals surface area contributed by atoms with Gasteiger partial charge in [-0.25, -0.2) is 0 Å². The van der Waals surface area contributed by atoms with Crippen LogP contribution in [0.4, 0.5) is 5.69 Å². The summed E-state index contributed by atoms with van der Waals surface area (Å²) in [5.74, 6) is 0.600. The van der Waals surface area contributed by atoms with Gasteiger partial charge in [-0.2, -0.15) is 0 Å². The molecule has 0 radical (unpaired) electrons. The first-order valence-corrected chi connectivity index (χ1v) is 7.67. The van der Waals surface area contributed by atoms with Gasteiger partial charge in [0.1, 0.15) is 0 Å². The van der Waals surface area contributed by atoms with Gasteiger partial charge in [0.25, 0.3) is 5.69 Å². The first-order chi connectivity index (χ1) is 9.45. The fourth-order valence-electron chi connectivity index (χ4n) is 2.73. The predicted molar refractivity (Wildman–Crippen MR) is 82.4 cm³/mol. The Morgan fingerprint density at radius 1 is 1.45 bits per heavy atom. The molecule has 0 bridgehead atoms. The van der Waals surface area contributed by atoms with E-state index < -0.39 is 0 Å². The Labute approximate surface area is 127 Å². The van der Waals surface area contributed by atoms with Crippen LogP contribution in [-0.4, -0.2) is 29.0 Å². The van der Waals surface area contributed by atoms with E-state index in [1.54, 1.807) is 6.07 Å². The fraction of sp³-hybridized carbons (Fsp3) is 0.571. The van der Waals surface area contributed by atoms with Crippen molar-refractivity contribution in [2.24, 2.45) is 11.7 Å². The largest absolute Gasteiger partial charge is 0.328 e. The number of rotatable bonds is 4. The quantitative estimate of drug-likeness (QED) is 0.675. The van der Waals surface area contributed by atoms with Gasteiger partial charge in [-0.05, 0) is 50.4 Å². The Bertz CT molecular complexity index is 485. The highest BCUT2D eigenvalue weighted by molar-refractivity contribution is 9.10. The van der Waals surface area contributed by atoms with Gasteiger partial charge >= 0.3 is 0 Å². The van der Waals surface area contributed by atoms with Crippen LogP contribution in [0.3, 0.4) is 0 Å². The van der Waals surface area contributed by atoms with E-state index in [0.29, 0.717) is 5.92 Å². The molecule has 2 rings (SSSR count). The third-order valence-electron chi connectivity index (χ3n) is 3.94. The smallest absolute Gasteiger partial charge is 0.270 e. The molecule has 110 valence electrons. The summed E-state index contributed by atoms with van der Waals surface area (Å²) in [7, 11) is 0. The molecule has 1 aliphatic rings. The number of non-ortho nitro benzene ring substituents is 1. The highest BCUT2D eigenvalue weighted by Gasteiger charge is 2.22. The van der Waals surface area contributed by atoms with E-state index >= 15 is 0 Å². The summed E-state index contributed by atoms with van der Waals surface area (Å²) in [6.45, 7) is 4.84. The summed E-state index contributed by atoms with van der Waals surface area (Å²) in [5.41, 5.74) is 7.05. The molecule has 1 fully saturated rings. The van der Waals surface area contributed by atoms with Gasteiger partial charge in [0.05, 0.1) is 4.92 Å². The van der Waals surface area contributed by atoms with Crippen molar-refractivity contribution in [2.75, 3.05) is 13.1 Å². The number of piperidine rings is 1. The molecule has 1 saturated heterocycles. The number of nitro groups is 1. The Kier molecular flexibility index (Phi) is 5.12. The van der Waals surface area contributed by atoms with Gasteiger partial charge in [-0.3, -0.25) is 15.0 Å². The first kappa shape index (κ1) is 15.4. The predicted octanol–water partition coefficient (Wildman–Crippen LogP) is 2.92. The Balaban J connectivity index is 1.99. The second-order valence-electron chi connectivity index (χ2n) is 5.55. The maximum Gasteiger partial charge on any atom is 0.270 e. The highest BCUT2D eigenvalue weighted by atomic mass is 79.9. The van der Waals surface area contributed by atoms with Crippen molar-refractivity contribution in [3.05, 3.63) is 38.3 Å². The summed E-state index contributed by atoms with van der Waals surface area (Å²) >= 11 is 3.34. The summed E-state index contributed by atoms with van der Waals surface area (Å²) in [5, 5.41) is 10.9. The molecular weight excluding hydrogens is 322 g/mol. The average Bonchev–Trinajstić information content (AvgIpc) is 2.38. The van der Waals surface area contributed by atoms with Crippen molar-refractivity contribution in [1.82, 2.24) is 4.90 Å². The monoisotopic (exact) mass is 341 g/mol. The van der Waals surface area contributed by atoms with Crippen molar-refractivity contribution in [2.45, 2.75) is 32.4 Å². The lowest BCUT2D eigenvalue weighted by Gasteiger charge is -2.33. The van der Waals surface area contributed by atoms with Crippen LogP contribution in [-0.2, 0) is 6.54 Å². The molecule has 0 spiro atoms. The molecule has 6 heteroatoms. The molecule has 1 atom stereocenters. The maximum atomic E-state index is 10.9. The summed E-state index contributed by atoms with van der Waals surface area (Å²) in [4.78, 5) is 12.9. The van der Waals surface area contributed by atoms with Gasteiger partial charge in [-0.15, -0.1) is 0 Å². The zero-order chi connectivity index (χ0) is 14.7. The molecule has 1 aromatic carbocycles. The lowest BCUT2D eigenvalue weighted by molar-refractivity contribution is -0.385. The van der Waals surface area contributed by atoms with Crippen LogP contribution in [0.1, 0.15) is 25.3 Å². The molecule has 1 heterocycles. The molecular formula is C14H20BrN3O2. The van der Waals surface area contributed by atoms with E-state index in [2.05, 4.69) is 27.8 Å². The second-order valence-corrected chi connectivity index (χ2v) is 6.46. The molecule has 20 heavy (non-hydrogen) atoms. The lowest BCUT2D eigenvalue weighted by atomic mass is 9.91. The Morgan fingerprint density at radius 3 is 2.65 bits per heavy atom. The molecule has 0 aliphatic carbocycles. The number of benzene rings is 1. The average molecular weight is 342 g/mol. The molecule has 2 N–H and O–H groups in total. The molecule has 1 aliphatic heterocycles. The summed E-state index contributed by atoms with van der Waals surface area (Å²) in [6.07, 6.45) is 2.21. The standard InChI is InChI=1S/C14H20BrN3O2/c1-10(16)12-2-4-17(5-3-12)9-11-6-13(15)8-14(7-11)18(19)20/h6-8,10,12H,2-5,9,16H2,1H3. The lowest BCUT2D eigenvalue weighted by Crippen LogP contribution is -2.39. The van der Waals surface area contributed by atoms with Gasteiger partial charge < -0.3 is 5.73 Å². The van der Waals surface area contributed by atoms with Crippen LogP contribution < -0.4 is 5.73 Å². The third kappa shape index (κ3) is 4.01. The number of hydrogen-bond acceptors (Lipinski definition) is 4. The van der Waals surface area contributed by atoms with Crippen molar-refractivity contribution in [3.8, 4) is 0 Å². The van der Waals surface area contributed by atoms with Crippen LogP contribution in [0.15, 0.2) is 22.7 Å². The minimum Gasteiger partial charge on any atom is -0.328 e. The van der Waals surface area contributed by atoms with E-state index in [-0.39, 0.29) is 16.7 Å². The Hall–Kier alpha value is -0.980. The van der Waals surface area contributed by atoms with Gasteiger partial charge in [-0.1, -0.05) is 15.9 Å². The molecule has 0 aromatic heterocycles. The number of likely N-dealkylation sites (tertiary alicyclic amines) is 1. The van der Waals surface area contributed by atoms with Crippen LogP contribution in [0.2, 0.25) is 0 Å². The fourth-order valence-corrected chi connectivity index (χ4v) is 3.25. The number of hydrogen-bond donors (Lipinski definition) is 1. The number of halogens is 1. The minimum atomic E-state index is -0.351. The van der Waals surface area contributed by atoms with Crippen molar-refractivity contribution in [1.29, 1.82) is 0 Å². The van der Waals surface area contributed by atoms with Crippen LogP contribution in [0, 0.1) is 16.0 Å². The maximum absolute atomic E-state index is 10.9. The van der Waals surface area contributed by atoms with Crippen molar-refractivity contribution in [3.63, 3.8) is 0 Å². The topological polar surface area (TPSA) is 72.4 Å². The summed E-state index contributed by atoms with van der Waals surface area (Å²) in [6, 6.07) is 5.39. The van der Waals surface area contributed by atoms with Crippen molar-refractivity contribution >= 4 is 21.6 Å². The molecule has 1 unspecified atom stereocenters. The number of nitrogens with two attached hydrogens (primary N) is 1. The third-order valence-corrected chi connectivity index (χ3v) is 4.39. The second kappa shape index (κ2) is 6.65. The van der Waals surface area contributed by atoms with Crippen molar-refractivity contribution < 1.29 is 4.92 Å². The molecule has 0 saturated carbocycles. The van der Waals surface area contributed by atoms with E-state index in [0.717, 1.165) is 42.5 Å². The van der Waals surface area contributed by atoms with E-state index in [4.69, 9.17) is 5.73 Å². The normalized spacial score (nSPS) is 18.9. The SMILES string of the molecule is CC(N)C1CCN(Cc2cc(Br)cc([N+](=O)[O-])c2)CC1.